The van der Waals surface area contributed by atoms with E-state index in [9.17, 15) is 4.39 Å². The van der Waals surface area contributed by atoms with E-state index < -0.39 is 0 Å². The van der Waals surface area contributed by atoms with Crippen molar-refractivity contribution in [3.63, 3.8) is 0 Å². The second kappa shape index (κ2) is 9.30. The number of rotatable bonds is 8. The molecule has 130 valence electrons. The minimum Gasteiger partial charge on any atom is -0.380 e. The Morgan fingerprint density at radius 1 is 1.12 bits per heavy atom. The quantitative estimate of drug-likeness (QED) is 0.610. The molecule has 2 rings (SSSR count). The van der Waals surface area contributed by atoms with Gasteiger partial charge in [0.05, 0.1) is 6.61 Å². The molecule has 2 aromatic rings. The number of nitrogens with zero attached hydrogens (tertiary/aromatic N) is 1. The normalized spacial score (nSPS) is 12.6. The summed E-state index contributed by atoms with van der Waals surface area (Å²) < 4.78 is 19.8. The van der Waals surface area contributed by atoms with E-state index in [1.165, 1.54) is 11.1 Å². The average Bonchev–Trinajstić information content (AvgIpc) is 2.54. The Kier molecular flexibility index (Phi) is 7.40. The maximum atomic E-state index is 13.3. The van der Waals surface area contributed by atoms with Crippen LogP contribution in [0.2, 0.25) is 0 Å². The first-order valence-corrected chi connectivity index (χ1v) is 8.98. The lowest BCUT2D eigenvalue weighted by Crippen LogP contribution is -2.15. The van der Waals surface area contributed by atoms with Gasteiger partial charge in [-0.2, -0.15) is 0 Å². The number of hydrogen-bond acceptors (Lipinski definition) is 2. The highest BCUT2D eigenvalue weighted by molar-refractivity contribution is 9.10. The summed E-state index contributed by atoms with van der Waals surface area (Å²) in [6.45, 7) is 1.61. The predicted molar refractivity (Wildman–Crippen MR) is 101 cm³/mol. The van der Waals surface area contributed by atoms with Gasteiger partial charge in [-0.25, -0.2) is 4.39 Å². The molecule has 1 unspecified atom stereocenters. The van der Waals surface area contributed by atoms with E-state index in [-0.39, 0.29) is 11.7 Å². The fraction of sp³-hybridized carbons (Fsp3) is 0.400. The van der Waals surface area contributed by atoms with Crippen LogP contribution in [-0.2, 0) is 11.3 Å². The number of ether oxygens (including phenoxy) is 1. The van der Waals surface area contributed by atoms with E-state index in [0.29, 0.717) is 6.61 Å². The molecule has 24 heavy (non-hydrogen) atoms. The highest BCUT2D eigenvalue weighted by Gasteiger charge is 2.18. The Bertz CT molecular complexity index is 643. The SMILES string of the molecule is COCc1cc(Br)ccc1C(CCCN(C)C)c1ccc(F)cc1. The molecule has 0 aliphatic carbocycles. The Morgan fingerprint density at radius 3 is 2.46 bits per heavy atom. The second-order valence-electron chi connectivity index (χ2n) is 6.33. The molecule has 0 amide bonds. The van der Waals surface area contributed by atoms with Crippen molar-refractivity contribution >= 4 is 15.9 Å². The van der Waals surface area contributed by atoms with Crippen LogP contribution < -0.4 is 0 Å². The first-order chi connectivity index (χ1) is 11.5. The van der Waals surface area contributed by atoms with Crippen molar-refractivity contribution in [1.82, 2.24) is 4.90 Å². The van der Waals surface area contributed by atoms with Gasteiger partial charge < -0.3 is 9.64 Å². The van der Waals surface area contributed by atoms with Crippen LogP contribution in [0.3, 0.4) is 0 Å². The molecule has 0 aromatic heterocycles. The van der Waals surface area contributed by atoms with Gasteiger partial charge in [-0.05, 0) is 74.4 Å². The molecule has 2 aromatic carbocycles. The van der Waals surface area contributed by atoms with Crippen molar-refractivity contribution in [2.75, 3.05) is 27.7 Å². The van der Waals surface area contributed by atoms with Crippen LogP contribution in [-0.4, -0.2) is 32.6 Å². The summed E-state index contributed by atoms with van der Waals surface area (Å²) in [6.07, 6.45) is 2.10. The van der Waals surface area contributed by atoms with Crippen LogP contribution in [0.15, 0.2) is 46.9 Å². The van der Waals surface area contributed by atoms with Crippen molar-refractivity contribution in [3.8, 4) is 0 Å². The van der Waals surface area contributed by atoms with Crippen molar-refractivity contribution in [2.24, 2.45) is 0 Å². The van der Waals surface area contributed by atoms with Crippen molar-refractivity contribution in [2.45, 2.75) is 25.4 Å². The highest BCUT2D eigenvalue weighted by atomic mass is 79.9. The summed E-state index contributed by atoms with van der Waals surface area (Å²) in [7, 11) is 5.88. The molecular formula is C20H25BrFNO. The molecule has 2 nitrogen and oxygen atoms in total. The first kappa shape index (κ1) is 19.1. The molecule has 0 aliphatic rings. The molecule has 0 bridgehead atoms. The number of halogens is 2. The minimum absolute atomic E-state index is 0.196. The van der Waals surface area contributed by atoms with Gasteiger partial charge in [0.25, 0.3) is 0 Å². The Morgan fingerprint density at radius 2 is 1.83 bits per heavy atom. The summed E-state index contributed by atoms with van der Waals surface area (Å²) in [6, 6.07) is 13.2. The summed E-state index contributed by atoms with van der Waals surface area (Å²) in [5.74, 6) is 0.0440. The van der Waals surface area contributed by atoms with Crippen LogP contribution in [0.4, 0.5) is 4.39 Å². The minimum atomic E-state index is -0.196. The smallest absolute Gasteiger partial charge is 0.123 e. The predicted octanol–water partition coefficient (Wildman–Crippen LogP) is 5.21. The zero-order valence-corrected chi connectivity index (χ0v) is 16.1. The largest absolute Gasteiger partial charge is 0.380 e. The molecule has 0 saturated heterocycles. The zero-order valence-electron chi connectivity index (χ0n) is 14.6. The van der Waals surface area contributed by atoms with Crippen LogP contribution in [0.25, 0.3) is 0 Å². The molecular weight excluding hydrogens is 369 g/mol. The van der Waals surface area contributed by atoms with E-state index >= 15 is 0 Å². The molecule has 0 saturated carbocycles. The third-order valence-electron chi connectivity index (χ3n) is 4.15. The van der Waals surface area contributed by atoms with E-state index in [1.54, 1.807) is 19.2 Å². The first-order valence-electron chi connectivity index (χ1n) is 8.18. The molecule has 1 atom stereocenters. The van der Waals surface area contributed by atoms with Gasteiger partial charge in [-0.15, -0.1) is 0 Å². The fourth-order valence-electron chi connectivity index (χ4n) is 3.00. The lowest BCUT2D eigenvalue weighted by molar-refractivity contribution is 0.184. The maximum Gasteiger partial charge on any atom is 0.123 e. The van der Waals surface area contributed by atoms with E-state index in [4.69, 9.17) is 4.74 Å². The third-order valence-corrected chi connectivity index (χ3v) is 4.64. The number of hydrogen-bond donors (Lipinski definition) is 0. The van der Waals surface area contributed by atoms with Crippen LogP contribution in [0.1, 0.15) is 35.4 Å². The summed E-state index contributed by atoms with van der Waals surface area (Å²) in [5, 5.41) is 0. The highest BCUT2D eigenvalue weighted by Crippen LogP contribution is 2.33. The average molecular weight is 394 g/mol. The summed E-state index contributed by atoms with van der Waals surface area (Å²) in [5.41, 5.74) is 3.58. The molecule has 0 N–H and O–H groups in total. The van der Waals surface area contributed by atoms with E-state index in [1.807, 2.05) is 12.1 Å². The molecule has 4 heteroatoms. The van der Waals surface area contributed by atoms with Crippen LogP contribution in [0, 0.1) is 5.82 Å². The van der Waals surface area contributed by atoms with Gasteiger partial charge in [0.2, 0.25) is 0 Å². The lowest BCUT2D eigenvalue weighted by atomic mass is 9.85. The van der Waals surface area contributed by atoms with Gasteiger partial charge in [0.1, 0.15) is 5.82 Å². The number of methoxy groups -OCH3 is 1. The lowest BCUT2D eigenvalue weighted by Gasteiger charge is -2.22. The Labute approximate surface area is 152 Å². The molecule has 0 spiro atoms. The van der Waals surface area contributed by atoms with Crippen molar-refractivity contribution in [3.05, 3.63) is 69.4 Å². The Hall–Kier alpha value is -1.23. The van der Waals surface area contributed by atoms with Crippen LogP contribution >= 0.6 is 15.9 Å². The topological polar surface area (TPSA) is 12.5 Å². The van der Waals surface area contributed by atoms with Crippen molar-refractivity contribution in [1.29, 1.82) is 0 Å². The van der Waals surface area contributed by atoms with Crippen molar-refractivity contribution < 1.29 is 9.13 Å². The second-order valence-corrected chi connectivity index (χ2v) is 7.24. The van der Waals surface area contributed by atoms with Gasteiger partial charge in [-0.3, -0.25) is 0 Å². The molecule has 0 heterocycles. The molecule has 0 fully saturated rings. The Balaban J connectivity index is 2.35. The molecule has 0 radical (unpaired) electrons. The van der Waals surface area contributed by atoms with Gasteiger partial charge >= 0.3 is 0 Å². The summed E-state index contributed by atoms with van der Waals surface area (Å²) in [4.78, 5) is 2.19. The van der Waals surface area contributed by atoms with Crippen LogP contribution in [0.5, 0.6) is 0 Å². The summed E-state index contributed by atoms with van der Waals surface area (Å²) >= 11 is 3.54. The zero-order chi connectivity index (χ0) is 17.5. The van der Waals surface area contributed by atoms with E-state index in [0.717, 1.165) is 29.4 Å². The third kappa shape index (κ3) is 5.40. The number of benzene rings is 2. The van der Waals surface area contributed by atoms with E-state index in [2.05, 4.69) is 53.1 Å². The van der Waals surface area contributed by atoms with Gasteiger partial charge in [0, 0.05) is 17.5 Å². The van der Waals surface area contributed by atoms with Gasteiger partial charge in [-0.1, -0.05) is 34.1 Å². The fourth-order valence-corrected chi connectivity index (χ4v) is 3.41. The standard InChI is InChI=1S/C20H25BrFNO/c1-23(2)12-4-5-19(15-6-9-18(22)10-7-15)20-11-8-17(21)13-16(20)14-24-3/h6-11,13,19H,4-5,12,14H2,1-3H3. The monoisotopic (exact) mass is 393 g/mol. The maximum absolute atomic E-state index is 13.3. The van der Waals surface area contributed by atoms with Gasteiger partial charge in [0.15, 0.2) is 0 Å². The molecule has 0 aliphatic heterocycles.